The Morgan fingerprint density at radius 2 is 1.31 bits per heavy atom. The third-order valence-corrected chi connectivity index (χ3v) is 9.35. The van der Waals surface area contributed by atoms with Gasteiger partial charge in [0.2, 0.25) is 0 Å². The van der Waals surface area contributed by atoms with Crippen LogP contribution in [0.2, 0.25) is 0 Å². The Kier molecular flexibility index (Phi) is 5.72. The number of aliphatic hydroxyl groups is 1. The van der Waals surface area contributed by atoms with Gasteiger partial charge in [-0.15, -0.1) is 0 Å². The zero-order chi connectivity index (χ0) is 20.3. The van der Waals surface area contributed by atoms with Gasteiger partial charge >= 0.3 is 0 Å². The number of hydrogen-bond acceptors (Lipinski definition) is 2. The lowest BCUT2D eigenvalue weighted by atomic mass is 9.72. The molecular weight excluding hydrogens is 382 g/mol. The van der Waals surface area contributed by atoms with Gasteiger partial charge in [-0.3, -0.25) is 0 Å². The smallest absolute Gasteiger partial charge is 0.189 e. The normalized spacial score (nSPS) is 23.4. The Hall–Kier alpha value is -2.22. The van der Waals surface area contributed by atoms with E-state index >= 15 is 4.39 Å². The SMILES string of the molecule is O=P(c1ccccc1)(c1ccccc1)[C@@H](F)[C@@]1(O)CCCC[C@H]1c1ccccc1. The highest BCUT2D eigenvalue weighted by atomic mass is 31.2. The van der Waals surface area contributed by atoms with Crippen molar-refractivity contribution in [2.75, 3.05) is 0 Å². The van der Waals surface area contributed by atoms with Gasteiger partial charge in [0, 0.05) is 16.5 Å². The van der Waals surface area contributed by atoms with Crippen molar-refractivity contribution in [1.82, 2.24) is 0 Å². The van der Waals surface area contributed by atoms with Gasteiger partial charge in [-0.05, 0) is 18.4 Å². The van der Waals surface area contributed by atoms with Crippen molar-refractivity contribution in [3.8, 4) is 0 Å². The van der Waals surface area contributed by atoms with Gasteiger partial charge in [-0.25, -0.2) is 4.39 Å². The van der Waals surface area contributed by atoms with Gasteiger partial charge in [0.15, 0.2) is 13.1 Å². The minimum Gasteiger partial charge on any atom is -0.386 e. The van der Waals surface area contributed by atoms with Crippen LogP contribution in [-0.2, 0) is 4.57 Å². The van der Waals surface area contributed by atoms with Gasteiger partial charge in [0.1, 0.15) is 5.60 Å². The van der Waals surface area contributed by atoms with Gasteiger partial charge in [0.25, 0.3) is 0 Å². The molecule has 1 aliphatic rings. The molecule has 3 aromatic carbocycles. The molecule has 3 atom stereocenters. The number of alkyl halides is 1. The summed E-state index contributed by atoms with van der Waals surface area (Å²) in [5, 5.41) is 12.7. The summed E-state index contributed by atoms with van der Waals surface area (Å²) in [6, 6.07) is 27.2. The van der Waals surface area contributed by atoms with E-state index in [0.717, 1.165) is 18.4 Å². The average Bonchev–Trinajstić information content (AvgIpc) is 2.80. The molecule has 0 heterocycles. The topological polar surface area (TPSA) is 37.3 Å². The Morgan fingerprint density at radius 3 is 1.83 bits per heavy atom. The van der Waals surface area contributed by atoms with Gasteiger partial charge in [-0.1, -0.05) is 104 Å². The van der Waals surface area contributed by atoms with Crippen molar-refractivity contribution in [1.29, 1.82) is 0 Å². The molecule has 1 N–H and O–H groups in total. The second-order valence-corrected chi connectivity index (χ2v) is 10.7. The van der Waals surface area contributed by atoms with Crippen molar-refractivity contribution in [3.05, 3.63) is 96.6 Å². The fourth-order valence-corrected chi connectivity index (χ4v) is 7.62. The minimum atomic E-state index is -3.72. The van der Waals surface area contributed by atoms with Gasteiger partial charge in [-0.2, -0.15) is 0 Å². The van der Waals surface area contributed by atoms with E-state index in [1.807, 2.05) is 42.5 Å². The zero-order valence-corrected chi connectivity index (χ0v) is 17.2. The van der Waals surface area contributed by atoms with Crippen LogP contribution in [0.4, 0.5) is 4.39 Å². The summed E-state index contributed by atoms with van der Waals surface area (Å²) in [5.41, 5.74) is -0.772. The van der Waals surface area contributed by atoms with Gasteiger partial charge < -0.3 is 9.67 Å². The Labute approximate surface area is 171 Å². The molecule has 29 heavy (non-hydrogen) atoms. The second kappa shape index (κ2) is 8.26. The molecule has 3 aromatic rings. The Morgan fingerprint density at radius 1 is 0.828 bits per heavy atom. The molecule has 150 valence electrons. The molecule has 1 aliphatic carbocycles. The molecule has 0 radical (unpaired) electrons. The predicted octanol–water partition coefficient (Wildman–Crippen LogP) is 5.39. The average molecular weight is 408 g/mol. The molecule has 0 aliphatic heterocycles. The van der Waals surface area contributed by atoms with E-state index in [9.17, 15) is 9.67 Å². The van der Waals surface area contributed by atoms with Crippen LogP contribution in [0.15, 0.2) is 91.0 Å². The predicted molar refractivity (Wildman–Crippen MR) is 117 cm³/mol. The largest absolute Gasteiger partial charge is 0.386 e. The Balaban J connectivity index is 1.85. The van der Waals surface area contributed by atoms with Crippen molar-refractivity contribution in [2.45, 2.75) is 43.1 Å². The number of halogens is 1. The third kappa shape index (κ3) is 3.58. The molecule has 4 rings (SSSR count). The monoisotopic (exact) mass is 408 g/mol. The third-order valence-electron chi connectivity index (χ3n) is 6.14. The fraction of sp³-hybridized carbons (Fsp3) is 0.280. The van der Waals surface area contributed by atoms with Gasteiger partial charge in [0.05, 0.1) is 0 Å². The van der Waals surface area contributed by atoms with Crippen molar-refractivity contribution >= 4 is 17.8 Å². The molecular formula is C25H26FO2P. The minimum absolute atomic E-state index is 0.303. The first-order valence-electron chi connectivity index (χ1n) is 10.2. The van der Waals surface area contributed by atoms with Crippen LogP contribution in [-0.4, -0.2) is 16.6 Å². The molecule has 0 amide bonds. The number of hydrogen-bond donors (Lipinski definition) is 1. The lowest BCUT2D eigenvalue weighted by Gasteiger charge is -2.44. The maximum Gasteiger partial charge on any atom is 0.189 e. The van der Waals surface area contributed by atoms with E-state index in [4.69, 9.17) is 0 Å². The highest BCUT2D eigenvalue weighted by Crippen LogP contribution is 2.59. The van der Waals surface area contributed by atoms with Crippen LogP contribution in [0, 0.1) is 0 Å². The highest BCUT2D eigenvalue weighted by Gasteiger charge is 2.55. The Bertz CT molecular complexity index is 934. The summed E-state index contributed by atoms with van der Waals surface area (Å²) in [7, 11) is -3.72. The fourth-order valence-electron chi connectivity index (χ4n) is 4.63. The molecule has 0 unspecified atom stereocenters. The van der Waals surface area contributed by atoms with Crippen LogP contribution in [0.5, 0.6) is 0 Å². The second-order valence-electron chi connectivity index (χ2n) is 7.87. The first-order chi connectivity index (χ1) is 14.1. The summed E-state index contributed by atoms with van der Waals surface area (Å²) in [5.74, 6) is -2.27. The highest BCUT2D eigenvalue weighted by molar-refractivity contribution is 7.79. The van der Waals surface area contributed by atoms with E-state index < -0.39 is 18.7 Å². The maximum atomic E-state index is 16.5. The molecule has 0 saturated heterocycles. The van der Waals surface area contributed by atoms with E-state index in [1.54, 1.807) is 48.5 Å². The first kappa shape index (κ1) is 20.1. The summed E-state index contributed by atoms with van der Waals surface area (Å²) in [6.07, 6.45) is 2.64. The van der Waals surface area contributed by atoms with Crippen LogP contribution >= 0.6 is 7.14 Å². The first-order valence-corrected chi connectivity index (χ1v) is 12.0. The van der Waals surface area contributed by atoms with Crippen molar-refractivity contribution in [3.63, 3.8) is 0 Å². The van der Waals surface area contributed by atoms with E-state index in [-0.39, 0.29) is 5.92 Å². The summed E-state index contributed by atoms with van der Waals surface area (Å²) in [6.45, 7) is 0. The zero-order valence-electron chi connectivity index (χ0n) is 16.3. The summed E-state index contributed by atoms with van der Waals surface area (Å²) in [4.78, 5) is 0. The molecule has 0 bridgehead atoms. The standard InChI is InChI=1S/C25H26FO2P/c26-24(25(27)19-11-10-18-23(25)20-12-4-1-5-13-20)29(28,21-14-6-2-7-15-21)22-16-8-3-9-17-22/h1-9,12-17,23-24,27H,10-11,18-19H2/t23-,24+,25+/m0/s1. The van der Waals surface area contributed by atoms with E-state index in [0.29, 0.717) is 23.5 Å². The van der Waals surface area contributed by atoms with Crippen LogP contribution in [0.25, 0.3) is 0 Å². The van der Waals surface area contributed by atoms with E-state index in [1.165, 1.54) is 0 Å². The van der Waals surface area contributed by atoms with Crippen molar-refractivity contribution < 1.29 is 14.1 Å². The van der Waals surface area contributed by atoms with Crippen LogP contribution in [0.1, 0.15) is 37.2 Å². The van der Waals surface area contributed by atoms with Crippen LogP contribution < -0.4 is 10.6 Å². The summed E-state index contributed by atoms with van der Waals surface area (Å²) >= 11 is 0. The molecule has 1 fully saturated rings. The molecule has 2 nitrogen and oxygen atoms in total. The molecule has 1 saturated carbocycles. The van der Waals surface area contributed by atoms with Crippen LogP contribution in [0.3, 0.4) is 0 Å². The maximum absolute atomic E-state index is 16.5. The molecule has 4 heteroatoms. The van der Waals surface area contributed by atoms with E-state index in [2.05, 4.69) is 0 Å². The number of rotatable bonds is 5. The molecule has 0 spiro atoms. The summed E-state index contributed by atoms with van der Waals surface area (Å²) < 4.78 is 31.0. The number of benzene rings is 3. The quantitative estimate of drug-likeness (QED) is 0.575. The molecule has 0 aromatic heterocycles. The lowest BCUT2D eigenvalue weighted by Crippen LogP contribution is -2.49. The lowest BCUT2D eigenvalue weighted by molar-refractivity contribution is -0.0519. The van der Waals surface area contributed by atoms with Crippen molar-refractivity contribution in [2.24, 2.45) is 0 Å².